The zero-order valence-electron chi connectivity index (χ0n) is 9.55. The van der Waals surface area contributed by atoms with E-state index < -0.39 is 0 Å². The maximum absolute atomic E-state index is 9.46. The second kappa shape index (κ2) is 6.10. The number of aromatic hydroxyl groups is 1. The minimum Gasteiger partial charge on any atom is -0.505 e. The van der Waals surface area contributed by atoms with Crippen LogP contribution in [0.15, 0.2) is 30.3 Å². The van der Waals surface area contributed by atoms with Crippen LogP contribution in [0.3, 0.4) is 0 Å². The van der Waals surface area contributed by atoms with E-state index in [9.17, 15) is 5.11 Å². The molecule has 0 saturated heterocycles. The summed E-state index contributed by atoms with van der Waals surface area (Å²) in [6, 6.07) is 8.46. The molecule has 0 saturated carbocycles. The quantitative estimate of drug-likeness (QED) is 0.713. The van der Waals surface area contributed by atoms with Crippen LogP contribution in [0.4, 0.5) is 5.69 Å². The number of rotatable bonds is 3. The zero-order chi connectivity index (χ0) is 14.0. The summed E-state index contributed by atoms with van der Waals surface area (Å²) in [4.78, 5) is 0. The smallest absolute Gasteiger partial charge is 0.152 e. The van der Waals surface area contributed by atoms with E-state index in [1.165, 1.54) is 0 Å². The average molecular weight is 337 g/mol. The molecule has 0 aliphatic carbocycles. The fourth-order valence-corrected chi connectivity index (χ4v) is 2.49. The van der Waals surface area contributed by atoms with E-state index in [2.05, 4.69) is 5.32 Å². The van der Waals surface area contributed by atoms with E-state index in [4.69, 9.17) is 46.4 Å². The molecule has 0 spiro atoms. The van der Waals surface area contributed by atoms with E-state index in [1.54, 1.807) is 24.3 Å². The van der Waals surface area contributed by atoms with Crippen molar-refractivity contribution < 1.29 is 5.11 Å². The largest absolute Gasteiger partial charge is 0.505 e. The Bertz CT molecular complexity index is 593. The maximum Gasteiger partial charge on any atom is 0.152 e. The standard InChI is InChI=1S/C13H9Cl4NO/c14-8-2-1-7(10(15)3-8)6-18-9-4-11(16)13(19)12(17)5-9/h1-5,18-19H,6H2. The first-order valence-corrected chi connectivity index (χ1v) is 6.84. The number of halogens is 4. The van der Waals surface area contributed by atoms with Crippen LogP contribution in [0.2, 0.25) is 20.1 Å². The van der Waals surface area contributed by atoms with E-state index in [0.29, 0.717) is 22.3 Å². The lowest BCUT2D eigenvalue weighted by Crippen LogP contribution is -2.00. The second-order valence-electron chi connectivity index (χ2n) is 3.88. The molecule has 2 rings (SSSR count). The third-order valence-corrected chi connectivity index (χ3v) is 3.68. The molecule has 2 aromatic carbocycles. The molecule has 2 nitrogen and oxygen atoms in total. The van der Waals surface area contributed by atoms with Crippen molar-refractivity contribution in [2.45, 2.75) is 6.54 Å². The lowest BCUT2D eigenvalue weighted by atomic mass is 10.2. The third kappa shape index (κ3) is 3.61. The monoisotopic (exact) mass is 335 g/mol. The maximum atomic E-state index is 9.46. The van der Waals surface area contributed by atoms with Gasteiger partial charge in [0.05, 0.1) is 10.0 Å². The average Bonchev–Trinajstić information content (AvgIpc) is 2.34. The molecule has 0 aliphatic heterocycles. The molecule has 2 aromatic rings. The van der Waals surface area contributed by atoms with Gasteiger partial charge in [0.15, 0.2) is 5.75 Å². The lowest BCUT2D eigenvalue weighted by molar-refractivity contribution is 0.476. The van der Waals surface area contributed by atoms with Crippen molar-refractivity contribution in [1.82, 2.24) is 0 Å². The SMILES string of the molecule is Oc1c(Cl)cc(NCc2ccc(Cl)cc2Cl)cc1Cl. The molecule has 0 amide bonds. The van der Waals surface area contributed by atoms with E-state index in [0.717, 1.165) is 5.56 Å². The van der Waals surface area contributed by atoms with Gasteiger partial charge < -0.3 is 10.4 Å². The zero-order valence-corrected chi connectivity index (χ0v) is 12.6. The summed E-state index contributed by atoms with van der Waals surface area (Å²) in [5.41, 5.74) is 1.59. The summed E-state index contributed by atoms with van der Waals surface area (Å²) >= 11 is 23.6. The molecule has 100 valence electrons. The van der Waals surface area contributed by atoms with Crippen LogP contribution >= 0.6 is 46.4 Å². The highest BCUT2D eigenvalue weighted by molar-refractivity contribution is 6.37. The molecular weight excluding hydrogens is 328 g/mol. The summed E-state index contributed by atoms with van der Waals surface area (Å²) in [6.07, 6.45) is 0. The topological polar surface area (TPSA) is 32.3 Å². The first kappa shape index (κ1) is 14.6. The van der Waals surface area contributed by atoms with Gasteiger partial charge in [-0.3, -0.25) is 0 Å². The minimum atomic E-state index is -0.126. The normalized spacial score (nSPS) is 10.5. The Hall–Kier alpha value is -0.800. The van der Waals surface area contributed by atoms with Crippen LogP contribution in [-0.4, -0.2) is 5.11 Å². The van der Waals surface area contributed by atoms with E-state index >= 15 is 0 Å². The van der Waals surface area contributed by atoms with Crippen molar-refractivity contribution >= 4 is 52.1 Å². The number of hydrogen-bond donors (Lipinski definition) is 2. The number of phenols is 1. The van der Waals surface area contributed by atoms with Crippen molar-refractivity contribution in [1.29, 1.82) is 0 Å². The molecule has 0 fully saturated rings. The fraction of sp³-hybridized carbons (Fsp3) is 0.0769. The van der Waals surface area contributed by atoms with Gasteiger partial charge >= 0.3 is 0 Å². The Labute approximate surface area is 130 Å². The summed E-state index contributed by atoms with van der Waals surface area (Å²) < 4.78 is 0. The van der Waals surface area contributed by atoms with Gasteiger partial charge in [-0.05, 0) is 29.8 Å². The minimum absolute atomic E-state index is 0.126. The van der Waals surface area contributed by atoms with Crippen LogP contribution < -0.4 is 5.32 Å². The van der Waals surface area contributed by atoms with E-state index in [-0.39, 0.29) is 15.8 Å². The van der Waals surface area contributed by atoms with Gasteiger partial charge in [0.1, 0.15) is 0 Å². The van der Waals surface area contributed by atoms with Gasteiger partial charge in [-0.25, -0.2) is 0 Å². The molecule has 0 atom stereocenters. The molecule has 19 heavy (non-hydrogen) atoms. The summed E-state index contributed by atoms with van der Waals surface area (Å²) in [6.45, 7) is 0.493. The van der Waals surface area contributed by atoms with Crippen molar-refractivity contribution in [3.8, 4) is 5.75 Å². The highest BCUT2D eigenvalue weighted by Crippen LogP contribution is 2.34. The highest BCUT2D eigenvalue weighted by atomic mass is 35.5. The van der Waals surface area contributed by atoms with Crippen molar-refractivity contribution in [2.24, 2.45) is 0 Å². The van der Waals surface area contributed by atoms with Gasteiger partial charge in [0.2, 0.25) is 0 Å². The number of hydrogen-bond acceptors (Lipinski definition) is 2. The molecule has 0 aromatic heterocycles. The Morgan fingerprint density at radius 2 is 1.53 bits per heavy atom. The van der Waals surface area contributed by atoms with Crippen molar-refractivity contribution in [3.63, 3.8) is 0 Å². The molecule has 0 radical (unpaired) electrons. The number of anilines is 1. The predicted octanol–water partition coefficient (Wildman–Crippen LogP) is 5.62. The van der Waals surface area contributed by atoms with Gasteiger partial charge in [-0.2, -0.15) is 0 Å². The Morgan fingerprint density at radius 1 is 0.895 bits per heavy atom. The first-order chi connectivity index (χ1) is 8.97. The van der Waals surface area contributed by atoms with Crippen LogP contribution in [0.5, 0.6) is 5.75 Å². The molecular formula is C13H9Cl4NO. The Morgan fingerprint density at radius 3 is 2.11 bits per heavy atom. The van der Waals surface area contributed by atoms with Gasteiger partial charge in [-0.15, -0.1) is 0 Å². The van der Waals surface area contributed by atoms with Crippen LogP contribution in [-0.2, 0) is 6.54 Å². The fourth-order valence-electron chi connectivity index (χ4n) is 1.53. The number of phenolic OH excluding ortho intramolecular Hbond substituents is 1. The Kier molecular flexibility index (Phi) is 4.69. The number of nitrogens with one attached hydrogen (secondary N) is 1. The number of benzene rings is 2. The third-order valence-electron chi connectivity index (χ3n) is 2.51. The summed E-state index contributed by atoms with van der Waals surface area (Å²) in [5, 5.41) is 14.1. The van der Waals surface area contributed by atoms with Crippen molar-refractivity contribution in [3.05, 3.63) is 56.0 Å². The summed E-state index contributed by atoms with van der Waals surface area (Å²) in [7, 11) is 0. The molecule has 0 unspecified atom stereocenters. The van der Waals surface area contributed by atoms with E-state index in [1.807, 2.05) is 6.07 Å². The van der Waals surface area contributed by atoms with Crippen LogP contribution in [0.25, 0.3) is 0 Å². The highest BCUT2D eigenvalue weighted by Gasteiger charge is 2.07. The predicted molar refractivity (Wildman–Crippen MR) is 81.9 cm³/mol. The van der Waals surface area contributed by atoms with Gasteiger partial charge in [0, 0.05) is 22.3 Å². The molecule has 0 bridgehead atoms. The molecule has 0 heterocycles. The molecule has 2 N–H and O–H groups in total. The van der Waals surface area contributed by atoms with Crippen molar-refractivity contribution in [2.75, 3.05) is 5.32 Å². The molecule has 0 aliphatic rings. The lowest BCUT2D eigenvalue weighted by Gasteiger charge is -2.10. The first-order valence-electron chi connectivity index (χ1n) is 5.33. The second-order valence-corrected chi connectivity index (χ2v) is 5.54. The van der Waals surface area contributed by atoms with Crippen LogP contribution in [0.1, 0.15) is 5.56 Å². The summed E-state index contributed by atoms with van der Waals surface area (Å²) in [5.74, 6) is -0.126. The molecule has 6 heteroatoms. The Balaban J connectivity index is 2.14. The van der Waals surface area contributed by atoms with Gasteiger partial charge in [-0.1, -0.05) is 52.5 Å². The van der Waals surface area contributed by atoms with Gasteiger partial charge in [0.25, 0.3) is 0 Å². The van der Waals surface area contributed by atoms with Crippen LogP contribution in [0, 0.1) is 0 Å².